The van der Waals surface area contributed by atoms with Gasteiger partial charge in [-0.15, -0.1) is 0 Å². The van der Waals surface area contributed by atoms with Gasteiger partial charge < -0.3 is 15.5 Å². The van der Waals surface area contributed by atoms with Gasteiger partial charge in [0.15, 0.2) is 0 Å². The maximum absolute atomic E-state index is 10.7. The summed E-state index contributed by atoms with van der Waals surface area (Å²) in [6.45, 7) is -2.86. The summed E-state index contributed by atoms with van der Waals surface area (Å²) in [5, 5.41) is 19.5. The van der Waals surface area contributed by atoms with Crippen molar-refractivity contribution in [1.29, 1.82) is 0 Å². The molecule has 0 radical (unpaired) electrons. The van der Waals surface area contributed by atoms with Gasteiger partial charge in [-0.05, 0) is 5.92 Å². The first-order chi connectivity index (χ1) is 6.49. The second-order valence-electron chi connectivity index (χ2n) is 2.44. The summed E-state index contributed by atoms with van der Waals surface area (Å²) >= 11 is 0. The summed E-state index contributed by atoms with van der Waals surface area (Å²) in [6.07, 6.45) is 0. The summed E-state index contributed by atoms with van der Waals surface area (Å²) in [5.41, 5.74) is 0. The van der Waals surface area contributed by atoms with Crippen LogP contribution < -0.4 is 5.32 Å². The van der Waals surface area contributed by atoms with Gasteiger partial charge in [0.2, 0.25) is 0 Å². The molecule has 0 amide bonds. The van der Waals surface area contributed by atoms with Crippen LogP contribution in [0.4, 0.5) is 0 Å². The molecule has 1 atom stereocenters. The molecule has 0 aliphatic carbocycles. The summed E-state index contributed by atoms with van der Waals surface area (Å²) in [4.78, 5) is 10.7. The van der Waals surface area contributed by atoms with Gasteiger partial charge >= 0.3 is 5.97 Å². The molecule has 0 aliphatic heterocycles. The maximum atomic E-state index is 10.7. The minimum Gasteiger partial charge on any atom is -0.480 e. The van der Waals surface area contributed by atoms with Crippen LogP contribution in [-0.4, -0.2) is 35.3 Å². The summed E-state index contributed by atoms with van der Waals surface area (Å²) in [6, 6.07) is -1.26. The fourth-order valence-corrected chi connectivity index (χ4v) is 0.624. The average molecular weight is 165 g/mol. The molecule has 3 N–H and O–H groups in total. The van der Waals surface area contributed by atoms with Crippen LogP contribution in [0.5, 0.6) is 0 Å². The predicted molar refractivity (Wildman–Crippen MR) is 41.4 cm³/mol. The Balaban J connectivity index is 4.75. The molecule has 0 saturated carbocycles. The zero-order chi connectivity index (χ0) is 12.4. The van der Waals surface area contributed by atoms with Crippen molar-refractivity contribution in [3.8, 4) is 0 Å². The Labute approximate surface area is 71.8 Å². The molecule has 4 heteroatoms. The molecular formula is C7H15NO3. The highest BCUT2D eigenvalue weighted by molar-refractivity contribution is 5.73. The third kappa shape index (κ3) is 3.95. The van der Waals surface area contributed by atoms with E-state index in [-0.39, 0.29) is 0 Å². The number of carboxylic acids is 1. The topological polar surface area (TPSA) is 69.6 Å². The highest BCUT2D eigenvalue weighted by Crippen LogP contribution is 2.00. The van der Waals surface area contributed by atoms with E-state index >= 15 is 0 Å². The van der Waals surface area contributed by atoms with Crippen molar-refractivity contribution >= 4 is 5.97 Å². The number of carbonyl (C=O) groups is 1. The highest BCUT2D eigenvalue weighted by atomic mass is 16.4. The van der Waals surface area contributed by atoms with E-state index in [9.17, 15) is 4.79 Å². The lowest BCUT2D eigenvalue weighted by Crippen LogP contribution is -2.42. The Morgan fingerprint density at radius 1 is 1.73 bits per heavy atom. The predicted octanol–water partition coefficient (Wildman–Crippen LogP) is -0.323. The van der Waals surface area contributed by atoms with Crippen LogP contribution in [-0.2, 0) is 4.79 Å². The van der Waals surface area contributed by atoms with Crippen molar-refractivity contribution in [1.82, 2.24) is 5.32 Å². The number of rotatable bonds is 5. The molecule has 66 valence electrons. The van der Waals surface area contributed by atoms with Crippen LogP contribution in [0.25, 0.3) is 0 Å². The van der Waals surface area contributed by atoms with Crippen LogP contribution in [0, 0.1) is 5.92 Å². The molecule has 11 heavy (non-hydrogen) atoms. The smallest absolute Gasteiger partial charge is 0.320 e. The van der Waals surface area contributed by atoms with Crippen LogP contribution in [0.2, 0.25) is 0 Å². The monoisotopic (exact) mass is 165 g/mol. The minimum absolute atomic E-state index is 0.431. The van der Waals surface area contributed by atoms with E-state index in [0.717, 1.165) is 0 Å². The highest BCUT2D eigenvalue weighted by Gasteiger charge is 2.19. The molecule has 0 aromatic carbocycles. The van der Waals surface area contributed by atoms with E-state index in [4.69, 9.17) is 15.7 Å². The quantitative estimate of drug-likeness (QED) is 0.522. The Hall–Kier alpha value is -0.610. The van der Waals surface area contributed by atoms with E-state index in [1.54, 1.807) is 13.8 Å². The molecule has 0 rings (SSSR count). The Morgan fingerprint density at radius 3 is 2.55 bits per heavy atom. The SMILES string of the molecule is [2H]C([2H])(O)C([2H])([2H])NC(C(=O)O)C(C)C. The molecule has 0 fully saturated rings. The molecule has 0 aliphatic rings. The van der Waals surface area contributed by atoms with Crippen molar-refractivity contribution in [2.75, 3.05) is 13.1 Å². The zero-order valence-electron chi connectivity index (χ0n) is 10.5. The summed E-state index contributed by atoms with van der Waals surface area (Å²) in [5.74, 6) is -1.72. The second kappa shape index (κ2) is 5.09. The largest absolute Gasteiger partial charge is 0.480 e. The van der Waals surface area contributed by atoms with Gasteiger partial charge in [-0.3, -0.25) is 4.79 Å². The van der Waals surface area contributed by atoms with Gasteiger partial charge in [0.25, 0.3) is 0 Å². The maximum Gasteiger partial charge on any atom is 0.320 e. The zero-order valence-corrected chi connectivity index (χ0v) is 6.46. The lowest BCUT2D eigenvalue weighted by Gasteiger charge is -2.16. The van der Waals surface area contributed by atoms with Gasteiger partial charge in [0, 0.05) is 9.24 Å². The van der Waals surface area contributed by atoms with Gasteiger partial charge in [-0.25, -0.2) is 0 Å². The first kappa shape index (κ1) is 5.11. The van der Waals surface area contributed by atoms with Crippen LogP contribution in [0.15, 0.2) is 0 Å². The van der Waals surface area contributed by atoms with Gasteiger partial charge in [-0.1, -0.05) is 13.8 Å². The average Bonchev–Trinajstić information content (AvgIpc) is 1.96. The van der Waals surface area contributed by atoms with Crippen molar-refractivity contribution in [2.24, 2.45) is 5.92 Å². The normalized spacial score (nSPS) is 21.5. The summed E-state index contributed by atoms with van der Waals surface area (Å²) < 4.78 is 27.9. The fourth-order valence-electron chi connectivity index (χ4n) is 0.624. The first-order valence-electron chi connectivity index (χ1n) is 5.22. The molecule has 0 saturated heterocycles. The number of aliphatic carboxylic acids is 1. The number of nitrogens with one attached hydrogen (secondary N) is 1. The number of hydrogen-bond acceptors (Lipinski definition) is 3. The van der Waals surface area contributed by atoms with Crippen LogP contribution >= 0.6 is 0 Å². The lowest BCUT2D eigenvalue weighted by molar-refractivity contribution is -0.140. The third-order valence-corrected chi connectivity index (χ3v) is 1.22. The Morgan fingerprint density at radius 2 is 2.27 bits per heavy atom. The van der Waals surface area contributed by atoms with Crippen molar-refractivity contribution < 1.29 is 20.5 Å². The van der Waals surface area contributed by atoms with E-state index in [2.05, 4.69) is 0 Å². The number of aliphatic hydroxyl groups is 1. The minimum atomic E-state index is -3.14. The van der Waals surface area contributed by atoms with Crippen LogP contribution in [0.1, 0.15) is 19.3 Å². The van der Waals surface area contributed by atoms with Crippen molar-refractivity contribution in [2.45, 2.75) is 19.9 Å². The van der Waals surface area contributed by atoms with Gasteiger partial charge in [0.05, 0.1) is 9.30 Å². The first-order valence-corrected chi connectivity index (χ1v) is 3.22. The molecule has 0 spiro atoms. The Bertz CT molecular complexity index is 239. The van der Waals surface area contributed by atoms with Crippen molar-refractivity contribution in [3.05, 3.63) is 0 Å². The molecule has 0 aromatic rings. The van der Waals surface area contributed by atoms with E-state index in [1.165, 1.54) is 0 Å². The number of hydrogen-bond donors (Lipinski definition) is 3. The molecule has 0 bridgehead atoms. The van der Waals surface area contributed by atoms with Gasteiger partial charge in [-0.2, -0.15) is 0 Å². The molecule has 1 unspecified atom stereocenters. The molecule has 4 nitrogen and oxygen atoms in total. The van der Waals surface area contributed by atoms with E-state index < -0.39 is 31.0 Å². The summed E-state index contributed by atoms with van der Waals surface area (Å²) in [7, 11) is 0. The number of carboxylic acid groups (broad SMARTS) is 1. The molecule has 0 heterocycles. The second-order valence-corrected chi connectivity index (χ2v) is 2.44. The molecule has 0 aromatic heterocycles. The molecular weight excluding hydrogens is 146 g/mol. The van der Waals surface area contributed by atoms with Crippen LogP contribution in [0.3, 0.4) is 0 Å². The van der Waals surface area contributed by atoms with E-state index in [1.807, 2.05) is 5.32 Å². The van der Waals surface area contributed by atoms with E-state index in [0.29, 0.717) is 0 Å². The Kier molecular flexibility index (Phi) is 2.37. The van der Waals surface area contributed by atoms with Gasteiger partial charge in [0.1, 0.15) is 6.04 Å². The standard InChI is InChI=1S/C7H15NO3/c1-5(2)6(7(10)11)8-3-4-9/h5-6,8-9H,3-4H2,1-2H3,(H,10,11)/i3D2,4D2. The lowest BCUT2D eigenvalue weighted by atomic mass is 10.1. The fraction of sp³-hybridized carbons (Fsp3) is 0.857. The third-order valence-electron chi connectivity index (χ3n) is 1.22. The van der Waals surface area contributed by atoms with Crippen molar-refractivity contribution in [3.63, 3.8) is 0 Å².